The molecular weight excluding hydrogens is 314 g/mol. The molecule has 6 heteroatoms. The maximum Gasteiger partial charge on any atom is 0.264 e. The van der Waals surface area contributed by atoms with Gasteiger partial charge in [-0.2, -0.15) is 0 Å². The lowest BCUT2D eigenvalue weighted by atomic mass is 10.0. The van der Waals surface area contributed by atoms with Crippen molar-refractivity contribution < 1.29 is 17.9 Å². The van der Waals surface area contributed by atoms with Crippen LogP contribution in [0.15, 0.2) is 47.4 Å². The molecule has 0 fully saturated rings. The van der Waals surface area contributed by atoms with E-state index in [1.807, 2.05) is 12.1 Å². The quantitative estimate of drug-likeness (QED) is 0.863. The van der Waals surface area contributed by atoms with Crippen LogP contribution in [-0.4, -0.2) is 29.2 Å². The van der Waals surface area contributed by atoms with E-state index in [9.17, 15) is 8.42 Å². The van der Waals surface area contributed by atoms with Crippen LogP contribution >= 0.6 is 0 Å². The van der Waals surface area contributed by atoms with Gasteiger partial charge in [0, 0.05) is 6.54 Å². The Morgan fingerprint density at radius 3 is 2.26 bits per heavy atom. The molecule has 0 radical (unpaired) electrons. The maximum atomic E-state index is 13.0. The Bertz CT molecular complexity index is 800. The van der Waals surface area contributed by atoms with Crippen molar-refractivity contribution in [2.45, 2.75) is 17.7 Å². The van der Waals surface area contributed by atoms with Gasteiger partial charge in [0.1, 0.15) is 11.5 Å². The topological polar surface area (TPSA) is 55.8 Å². The molecule has 3 rings (SSSR count). The molecule has 2 aromatic carbocycles. The molecule has 1 heterocycles. The van der Waals surface area contributed by atoms with Crippen molar-refractivity contribution in [3.05, 3.63) is 48.0 Å². The van der Waals surface area contributed by atoms with Crippen LogP contribution in [0.4, 0.5) is 5.69 Å². The summed E-state index contributed by atoms with van der Waals surface area (Å²) in [4.78, 5) is 0.266. The standard InChI is InChI=1S/C17H19NO4S/c1-21-14-5-8-16(9-6-14)23(19,20)18-11-3-4-13-12-15(22-2)7-10-17(13)18/h5-10,12H,3-4,11H2,1-2H3. The van der Waals surface area contributed by atoms with Crippen LogP contribution in [0.2, 0.25) is 0 Å². The van der Waals surface area contributed by atoms with Gasteiger partial charge in [-0.25, -0.2) is 8.42 Å². The summed E-state index contributed by atoms with van der Waals surface area (Å²) in [5, 5.41) is 0. The smallest absolute Gasteiger partial charge is 0.264 e. The monoisotopic (exact) mass is 333 g/mol. The molecule has 0 atom stereocenters. The van der Waals surface area contributed by atoms with Gasteiger partial charge in [0.25, 0.3) is 10.0 Å². The number of nitrogens with zero attached hydrogens (tertiary/aromatic N) is 1. The number of rotatable bonds is 4. The summed E-state index contributed by atoms with van der Waals surface area (Å²) < 4.78 is 37.7. The number of methoxy groups -OCH3 is 2. The lowest BCUT2D eigenvalue weighted by molar-refractivity contribution is 0.414. The molecule has 2 aromatic rings. The van der Waals surface area contributed by atoms with Crippen molar-refractivity contribution in [3.8, 4) is 11.5 Å². The summed E-state index contributed by atoms with van der Waals surface area (Å²) in [6.07, 6.45) is 1.64. The lowest BCUT2D eigenvalue weighted by Crippen LogP contribution is -2.35. The highest BCUT2D eigenvalue weighted by Crippen LogP contribution is 2.34. The molecular formula is C17H19NO4S. The number of benzene rings is 2. The first-order valence-electron chi connectivity index (χ1n) is 7.40. The zero-order valence-electron chi connectivity index (χ0n) is 13.2. The van der Waals surface area contributed by atoms with Crippen molar-refractivity contribution in [2.75, 3.05) is 25.1 Å². The van der Waals surface area contributed by atoms with Crippen LogP contribution < -0.4 is 13.8 Å². The summed E-state index contributed by atoms with van der Waals surface area (Å²) in [5.74, 6) is 1.38. The molecule has 0 N–H and O–H groups in total. The van der Waals surface area contributed by atoms with Crippen LogP contribution in [0.25, 0.3) is 0 Å². The van der Waals surface area contributed by atoms with Crippen molar-refractivity contribution in [1.29, 1.82) is 0 Å². The van der Waals surface area contributed by atoms with E-state index >= 15 is 0 Å². The van der Waals surface area contributed by atoms with E-state index in [0.29, 0.717) is 12.3 Å². The van der Waals surface area contributed by atoms with E-state index in [1.54, 1.807) is 44.6 Å². The van der Waals surface area contributed by atoms with Gasteiger partial charge in [0.2, 0.25) is 0 Å². The molecule has 0 saturated carbocycles. The average Bonchev–Trinajstić information content (AvgIpc) is 2.60. The number of ether oxygens (including phenoxy) is 2. The first-order valence-corrected chi connectivity index (χ1v) is 8.84. The van der Waals surface area contributed by atoms with Crippen molar-refractivity contribution in [2.24, 2.45) is 0 Å². The third-order valence-corrected chi connectivity index (χ3v) is 5.84. The van der Waals surface area contributed by atoms with Crippen molar-refractivity contribution >= 4 is 15.7 Å². The number of anilines is 1. The fourth-order valence-electron chi connectivity index (χ4n) is 2.79. The fraction of sp³-hybridized carbons (Fsp3) is 0.294. The molecule has 0 aliphatic carbocycles. The molecule has 0 aromatic heterocycles. The number of hydrogen-bond acceptors (Lipinski definition) is 4. The van der Waals surface area contributed by atoms with Crippen LogP contribution in [0.5, 0.6) is 11.5 Å². The summed E-state index contributed by atoms with van der Waals surface area (Å²) in [5.41, 5.74) is 1.72. The van der Waals surface area contributed by atoms with E-state index in [0.717, 1.165) is 29.8 Å². The molecule has 23 heavy (non-hydrogen) atoms. The fourth-order valence-corrected chi connectivity index (χ4v) is 4.33. The Kier molecular flexibility index (Phi) is 4.17. The van der Waals surface area contributed by atoms with E-state index in [1.165, 1.54) is 4.31 Å². The summed E-state index contributed by atoms with van der Waals surface area (Å²) in [6.45, 7) is 0.480. The highest BCUT2D eigenvalue weighted by Gasteiger charge is 2.29. The summed E-state index contributed by atoms with van der Waals surface area (Å²) in [7, 11) is -0.422. The van der Waals surface area contributed by atoms with Crippen LogP contribution in [0.3, 0.4) is 0 Å². The van der Waals surface area contributed by atoms with E-state index < -0.39 is 10.0 Å². The third-order valence-electron chi connectivity index (χ3n) is 4.01. The van der Waals surface area contributed by atoms with Gasteiger partial charge in [-0.15, -0.1) is 0 Å². The number of hydrogen-bond donors (Lipinski definition) is 0. The van der Waals surface area contributed by atoms with Crippen LogP contribution in [0, 0.1) is 0 Å². The molecule has 0 unspecified atom stereocenters. The van der Waals surface area contributed by atoms with Gasteiger partial charge in [0.15, 0.2) is 0 Å². The van der Waals surface area contributed by atoms with E-state index in [4.69, 9.17) is 9.47 Å². The largest absolute Gasteiger partial charge is 0.497 e. The van der Waals surface area contributed by atoms with Gasteiger partial charge in [-0.05, 0) is 60.9 Å². The molecule has 0 spiro atoms. The van der Waals surface area contributed by atoms with E-state index in [-0.39, 0.29) is 4.90 Å². The lowest BCUT2D eigenvalue weighted by Gasteiger charge is -2.30. The predicted molar refractivity (Wildman–Crippen MR) is 88.8 cm³/mol. The van der Waals surface area contributed by atoms with Gasteiger partial charge < -0.3 is 9.47 Å². The number of aryl methyl sites for hydroxylation is 1. The number of sulfonamides is 1. The zero-order chi connectivity index (χ0) is 16.4. The highest BCUT2D eigenvalue weighted by atomic mass is 32.2. The summed E-state index contributed by atoms with van der Waals surface area (Å²) >= 11 is 0. The van der Waals surface area contributed by atoms with Gasteiger partial charge in [-0.1, -0.05) is 0 Å². The first-order chi connectivity index (χ1) is 11.1. The van der Waals surface area contributed by atoms with E-state index in [2.05, 4.69) is 0 Å². The SMILES string of the molecule is COc1ccc(S(=O)(=O)N2CCCc3cc(OC)ccc32)cc1. The number of fused-ring (bicyclic) bond motifs is 1. The molecule has 0 amide bonds. The maximum absolute atomic E-state index is 13.0. The third kappa shape index (κ3) is 2.86. The van der Waals surface area contributed by atoms with Crippen molar-refractivity contribution in [1.82, 2.24) is 0 Å². The Balaban J connectivity index is 2.01. The Labute approximate surface area is 136 Å². The minimum absolute atomic E-state index is 0.266. The molecule has 0 bridgehead atoms. The second-order valence-electron chi connectivity index (χ2n) is 5.35. The van der Waals surface area contributed by atoms with Crippen molar-refractivity contribution in [3.63, 3.8) is 0 Å². The molecule has 1 aliphatic rings. The Hall–Kier alpha value is -2.21. The second-order valence-corrected chi connectivity index (χ2v) is 7.21. The highest BCUT2D eigenvalue weighted by molar-refractivity contribution is 7.92. The minimum Gasteiger partial charge on any atom is -0.497 e. The predicted octanol–water partition coefficient (Wildman–Crippen LogP) is 2.85. The minimum atomic E-state index is -3.58. The van der Waals surface area contributed by atoms with Gasteiger partial charge >= 0.3 is 0 Å². The second kappa shape index (κ2) is 6.12. The van der Waals surface area contributed by atoms with Gasteiger partial charge in [0.05, 0.1) is 24.8 Å². The van der Waals surface area contributed by atoms with Crippen LogP contribution in [0.1, 0.15) is 12.0 Å². The molecule has 5 nitrogen and oxygen atoms in total. The van der Waals surface area contributed by atoms with Gasteiger partial charge in [-0.3, -0.25) is 4.31 Å². The first kappa shape index (κ1) is 15.7. The Morgan fingerprint density at radius 1 is 0.957 bits per heavy atom. The zero-order valence-corrected chi connectivity index (χ0v) is 14.0. The normalized spacial score (nSPS) is 14.3. The Morgan fingerprint density at radius 2 is 1.61 bits per heavy atom. The molecule has 122 valence electrons. The molecule has 1 aliphatic heterocycles. The average molecular weight is 333 g/mol. The summed E-state index contributed by atoms with van der Waals surface area (Å²) in [6, 6.07) is 12.0. The van der Waals surface area contributed by atoms with Crippen LogP contribution in [-0.2, 0) is 16.4 Å². The molecule has 0 saturated heterocycles.